The zero-order valence-electron chi connectivity index (χ0n) is 11.8. The number of rotatable bonds is 6. The Morgan fingerprint density at radius 1 is 1.15 bits per heavy atom. The molecule has 0 spiro atoms. The molecule has 106 valence electrons. The van der Waals surface area contributed by atoms with Crippen molar-refractivity contribution in [2.45, 2.75) is 39.0 Å². The first-order valence-electron chi connectivity index (χ1n) is 7.19. The number of fused-ring (bicyclic) bond motifs is 1. The van der Waals surface area contributed by atoms with Gasteiger partial charge in [0.25, 0.3) is 0 Å². The molecule has 0 unspecified atom stereocenters. The lowest BCUT2D eigenvalue weighted by atomic mass is 10.1. The maximum Gasteiger partial charge on any atom is 0.224 e. The van der Waals surface area contributed by atoms with E-state index >= 15 is 0 Å². The number of hydrogen-bond acceptors (Lipinski definition) is 1. The molecule has 0 saturated heterocycles. The molecule has 0 fully saturated rings. The number of benzene rings is 2. The number of unbranched alkanes of at least 4 members (excludes halogenated alkanes) is 3. The number of nitrogens with one attached hydrogen (secondary N) is 1. The van der Waals surface area contributed by atoms with Crippen molar-refractivity contribution in [3.8, 4) is 0 Å². The first-order valence-corrected chi connectivity index (χ1v) is 7.98. The summed E-state index contributed by atoms with van der Waals surface area (Å²) in [7, 11) is 0. The molecule has 0 radical (unpaired) electrons. The van der Waals surface area contributed by atoms with Crippen LogP contribution in [0.5, 0.6) is 0 Å². The Labute approximate surface area is 128 Å². The van der Waals surface area contributed by atoms with Gasteiger partial charge in [-0.25, -0.2) is 0 Å². The summed E-state index contributed by atoms with van der Waals surface area (Å²) in [5.41, 5.74) is 0.871. The fourth-order valence-corrected chi connectivity index (χ4v) is 2.77. The second-order valence-electron chi connectivity index (χ2n) is 5.03. The van der Waals surface area contributed by atoms with Crippen LogP contribution in [0.15, 0.2) is 40.9 Å². The molecule has 20 heavy (non-hydrogen) atoms. The quantitative estimate of drug-likeness (QED) is 0.693. The minimum atomic E-state index is 0.107. The van der Waals surface area contributed by atoms with Crippen LogP contribution in [0.2, 0.25) is 0 Å². The zero-order valence-corrected chi connectivity index (χ0v) is 13.4. The van der Waals surface area contributed by atoms with Crippen LogP contribution in [-0.2, 0) is 4.79 Å². The topological polar surface area (TPSA) is 29.1 Å². The van der Waals surface area contributed by atoms with Gasteiger partial charge in [0.15, 0.2) is 0 Å². The standard InChI is InChI=1S/C17H20BrNO/c1-2-3-4-5-9-17(20)19-14-10-11-15-13(12-14)7-6-8-16(15)18/h6-8,10-12H,2-5,9H2,1H3,(H,19,20). The van der Waals surface area contributed by atoms with Gasteiger partial charge in [0.1, 0.15) is 0 Å². The molecule has 2 rings (SSSR count). The molecule has 0 aliphatic rings. The van der Waals surface area contributed by atoms with Gasteiger partial charge in [0, 0.05) is 16.6 Å². The van der Waals surface area contributed by atoms with Gasteiger partial charge in [0.2, 0.25) is 5.91 Å². The highest BCUT2D eigenvalue weighted by molar-refractivity contribution is 9.10. The third kappa shape index (κ3) is 4.07. The summed E-state index contributed by atoms with van der Waals surface area (Å²) in [5.74, 6) is 0.107. The Morgan fingerprint density at radius 2 is 2.00 bits per heavy atom. The van der Waals surface area contributed by atoms with E-state index in [1.807, 2.05) is 30.3 Å². The van der Waals surface area contributed by atoms with Crippen molar-refractivity contribution in [1.29, 1.82) is 0 Å². The monoisotopic (exact) mass is 333 g/mol. The molecule has 1 amide bonds. The van der Waals surface area contributed by atoms with E-state index in [1.165, 1.54) is 12.8 Å². The van der Waals surface area contributed by atoms with E-state index in [1.54, 1.807) is 0 Å². The predicted octanol–water partition coefficient (Wildman–Crippen LogP) is 5.51. The van der Waals surface area contributed by atoms with Crippen molar-refractivity contribution in [2.24, 2.45) is 0 Å². The number of carbonyl (C=O) groups is 1. The lowest BCUT2D eigenvalue weighted by Gasteiger charge is -2.07. The largest absolute Gasteiger partial charge is 0.326 e. The highest BCUT2D eigenvalue weighted by atomic mass is 79.9. The summed E-state index contributed by atoms with van der Waals surface area (Å²) >= 11 is 3.53. The minimum absolute atomic E-state index is 0.107. The van der Waals surface area contributed by atoms with Crippen molar-refractivity contribution >= 4 is 38.3 Å². The maximum atomic E-state index is 11.9. The van der Waals surface area contributed by atoms with Gasteiger partial charge < -0.3 is 5.32 Å². The van der Waals surface area contributed by atoms with Crippen molar-refractivity contribution in [3.05, 3.63) is 40.9 Å². The normalized spacial score (nSPS) is 10.7. The Morgan fingerprint density at radius 3 is 2.80 bits per heavy atom. The summed E-state index contributed by atoms with van der Waals surface area (Å²) in [4.78, 5) is 11.9. The molecule has 1 N–H and O–H groups in total. The molecule has 3 heteroatoms. The van der Waals surface area contributed by atoms with Crippen LogP contribution in [0, 0.1) is 0 Å². The molecule has 0 atom stereocenters. The maximum absolute atomic E-state index is 11.9. The van der Waals surface area contributed by atoms with E-state index in [0.29, 0.717) is 6.42 Å². The Balaban J connectivity index is 1.98. The Hall–Kier alpha value is -1.35. The van der Waals surface area contributed by atoms with Crippen LogP contribution in [0.25, 0.3) is 10.8 Å². The number of amides is 1. The summed E-state index contributed by atoms with van der Waals surface area (Å²) in [6.07, 6.45) is 5.11. The Bertz CT molecular complexity index is 595. The van der Waals surface area contributed by atoms with Crippen molar-refractivity contribution in [1.82, 2.24) is 0 Å². The second-order valence-corrected chi connectivity index (χ2v) is 5.89. The Kier molecular flexibility index (Phi) is 5.60. The molecule has 0 aliphatic heterocycles. The van der Waals surface area contributed by atoms with Gasteiger partial charge in [-0.3, -0.25) is 4.79 Å². The smallest absolute Gasteiger partial charge is 0.224 e. The minimum Gasteiger partial charge on any atom is -0.326 e. The highest BCUT2D eigenvalue weighted by Crippen LogP contribution is 2.26. The van der Waals surface area contributed by atoms with E-state index in [2.05, 4.69) is 34.2 Å². The number of hydrogen-bond donors (Lipinski definition) is 1. The molecule has 2 aromatic rings. The molecule has 0 bridgehead atoms. The molecule has 0 heterocycles. The molecule has 2 nitrogen and oxygen atoms in total. The number of anilines is 1. The molecule has 0 aromatic heterocycles. The summed E-state index contributed by atoms with van der Waals surface area (Å²) in [6.45, 7) is 2.17. The fourth-order valence-electron chi connectivity index (χ4n) is 2.26. The summed E-state index contributed by atoms with van der Waals surface area (Å²) in [5, 5.41) is 5.26. The number of carbonyl (C=O) groups excluding carboxylic acids is 1. The van der Waals surface area contributed by atoms with Crippen molar-refractivity contribution < 1.29 is 4.79 Å². The average molecular weight is 334 g/mol. The first kappa shape index (κ1) is 15.0. The second kappa shape index (κ2) is 7.44. The SMILES string of the molecule is CCCCCCC(=O)Nc1ccc2c(Br)cccc2c1. The van der Waals surface area contributed by atoms with Crippen LogP contribution in [0.1, 0.15) is 39.0 Å². The van der Waals surface area contributed by atoms with E-state index in [4.69, 9.17) is 0 Å². The molecule has 2 aromatic carbocycles. The van der Waals surface area contributed by atoms with Crippen LogP contribution in [-0.4, -0.2) is 5.91 Å². The van der Waals surface area contributed by atoms with Gasteiger partial charge in [-0.05, 0) is 35.4 Å². The highest BCUT2D eigenvalue weighted by Gasteiger charge is 2.04. The van der Waals surface area contributed by atoms with Gasteiger partial charge in [0.05, 0.1) is 0 Å². The lowest BCUT2D eigenvalue weighted by Crippen LogP contribution is -2.10. The van der Waals surface area contributed by atoms with Gasteiger partial charge in [-0.1, -0.05) is 60.3 Å². The third-order valence-corrected chi connectivity index (χ3v) is 4.06. The van der Waals surface area contributed by atoms with Crippen molar-refractivity contribution in [2.75, 3.05) is 5.32 Å². The summed E-state index contributed by atoms with van der Waals surface area (Å²) in [6, 6.07) is 12.1. The van der Waals surface area contributed by atoms with E-state index in [0.717, 1.165) is 33.8 Å². The van der Waals surface area contributed by atoms with Gasteiger partial charge in [-0.15, -0.1) is 0 Å². The summed E-state index contributed by atoms with van der Waals surface area (Å²) < 4.78 is 1.08. The van der Waals surface area contributed by atoms with Gasteiger partial charge >= 0.3 is 0 Å². The average Bonchev–Trinajstić information content (AvgIpc) is 2.44. The van der Waals surface area contributed by atoms with E-state index in [-0.39, 0.29) is 5.91 Å². The third-order valence-electron chi connectivity index (χ3n) is 3.37. The van der Waals surface area contributed by atoms with Gasteiger partial charge in [-0.2, -0.15) is 0 Å². The molecular formula is C17H20BrNO. The van der Waals surface area contributed by atoms with Crippen LogP contribution >= 0.6 is 15.9 Å². The fraction of sp³-hybridized carbons (Fsp3) is 0.353. The van der Waals surface area contributed by atoms with Crippen LogP contribution < -0.4 is 5.32 Å². The zero-order chi connectivity index (χ0) is 14.4. The molecule has 0 saturated carbocycles. The number of halogens is 1. The molecular weight excluding hydrogens is 314 g/mol. The first-order chi connectivity index (χ1) is 9.70. The van der Waals surface area contributed by atoms with Crippen LogP contribution in [0.3, 0.4) is 0 Å². The van der Waals surface area contributed by atoms with Crippen molar-refractivity contribution in [3.63, 3.8) is 0 Å². The lowest BCUT2D eigenvalue weighted by molar-refractivity contribution is -0.116. The molecule has 0 aliphatic carbocycles. The predicted molar refractivity (Wildman–Crippen MR) is 89.0 cm³/mol. The van der Waals surface area contributed by atoms with E-state index in [9.17, 15) is 4.79 Å². The van der Waals surface area contributed by atoms with Crippen LogP contribution in [0.4, 0.5) is 5.69 Å². The van der Waals surface area contributed by atoms with E-state index < -0.39 is 0 Å².